The van der Waals surface area contributed by atoms with E-state index in [9.17, 15) is 23.7 Å². The van der Waals surface area contributed by atoms with Crippen LogP contribution in [0.4, 0.5) is 14.5 Å². The van der Waals surface area contributed by atoms with Crippen LogP contribution in [0.25, 0.3) is 15.8 Å². The maximum atomic E-state index is 13.4. The van der Waals surface area contributed by atoms with Crippen LogP contribution in [0.5, 0.6) is 0 Å². The molecule has 0 saturated heterocycles. The summed E-state index contributed by atoms with van der Waals surface area (Å²) in [5, 5.41) is 19.3. The molecule has 0 unspecified atom stereocenters. The Morgan fingerprint density at radius 1 is 1.23 bits per heavy atom. The minimum absolute atomic E-state index is 0.0767. The third kappa shape index (κ3) is 4.01. The lowest BCUT2D eigenvalue weighted by atomic mass is 10.2. The van der Waals surface area contributed by atoms with Gasteiger partial charge in [-0.1, -0.05) is 28.6 Å². The summed E-state index contributed by atoms with van der Waals surface area (Å²) in [4.78, 5) is 26.9. The fourth-order valence-corrected chi connectivity index (χ4v) is 4.77. The number of rotatable bonds is 5. The van der Waals surface area contributed by atoms with E-state index in [1.165, 1.54) is 29.1 Å². The molecule has 0 N–H and O–H groups in total. The number of nitro groups is 1. The normalized spacial score (nSPS) is 11.2. The largest absolute Gasteiger partial charge is 0.288 e. The van der Waals surface area contributed by atoms with Crippen LogP contribution in [0.3, 0.4) is 0 Å². The van der Waals surface area contributed by atoms with Gasteiger partial charge in [-0.15, -0.1) is 16.4 Å². The first kappa shape index (κ1) is 20.3. The van der Waals surface area contributed by atoms with Gasteiger partial charge < -0.3 is 0 Å². The monoisotopic (exact) mass is 467 g/mol. The summed E-state index contributed by atoms with van der Waals surface area (Å²) in [5.74, 6) is -1.73. The van der Waals surface area contributed by atoms with Gasteiger partial charge in [0.05, 0.1) is 27.9 Å². The van der Waals surface area contributed by atoms with Crippen LogP contribution >= 0.6 is 34.7 Å². The van der Waals surface area contributed by atoms with Crippen molar-refractivity contribution in [3.8, 4) is 5.69 Å². The van der Waals surface area contributed by atoms with Gasteiger partial charge in [-0.3, -0.25) is 14.9 Å². The molecule has 0 aliphatic rings. The first-order chi connectivity index (χ1) is 14.3. The molecule has 0 radical (unpaired) electrons. The number of nitro benzene ring substituents is 1. The van der Waals surface area contributed by atoms with E-state index < -0.39 is 22.1 Å². The van der Waals surface area contributed by atoms with Crippen molar-refractivity contribution < 1.29 is 13.7 Å². The van der Waals surface area contributed by atoms with Crippen LogP contribution in [-0.4, -0.2) is 24.9 Å². The van der Waals surface area contributed by atoms with Crippen molar-refractivity contribution in [1.29, 1.82) is 0 Å². The lowest BCUT2D eigenvalue weighted by Crippen LogP contribution is -2.06. The Kier molecular flexibility index (Phi) is 5.45. The van der Waals surface area contributed by atoms with Gasteiger partial charge in [-0.25, -0.2) is 13.5 Å². The number of non-ortho nitro benzene ring substituents is 1. The highest BCUT2D eigenvalue weighted by atomic mass is 35.5. The topological polar surface area (TPSA) is 104 Å². The van der Waals surface area contributed by atoms with Gasteiger partial charge in [-0.2, -0.15) is 4.98 Å². The molecular formula is C17H8ClF2N5O3S2. The van der Waals surface area contributed by atoms with E-state index in [2.05, 4.69) is 15.3 Å². The molecule has 2 aromatic carbocycles. The van der Waals surface area contributed by atoms with E-state index >= 15 is 0 Å². The summed E-state index contributed by atoms with van der Waals surface area (Å²) in [6.07, 6.45) is 1.52. The van der Waals surface area contributed by atoms with Crippen molar-refractivity contribution in [2.45, 2.75) is 10.1 Å². The maximum absolute atomic E-state index is 13.4. The first-order valence-electron chi connectivity index (χ1n) is 8.10. The highest BCUT2D eigenvalue weighted by Gasteiger charge is 2.18. The predicted molar refractivity (Wildman–Crippen MR) is 108 cm³/mol. The summed E-state index contributed by atoms with van der Waals surface area (Å²) in [6, 6.07) is 5.85. The predicted octanol–water partition coefficient (Wildman–Crippen LogP) is 4.37. The zero-order valence-corrected chi connectivity index (χ0v) is 17.0. The van der Waals surface area contributed by atoms with E-state index in [0.717, 1.165) is 35.2 Å². The van der Waals surface area contributed by atoms with Gasteiger partial charge in [0.15, 0.2) is 16.0 Å². The molecule has 0 aliphatic heterocycles. The quantitative estimate of drug-likeness (QED) is 0.244. The summed E-state index contributed by atoms with van der Waals surface area (Å²) in [5.41, 5.74) is -0.119. The Bertz CT molecular complexity index is 1360. The first-order valence-corrected chi connectivity index (χ1v) is 10.3. The molecular weight excluding hydrogens is 460 g/mol. The van der Waals surface area contributed by atoms with Crippen LogP contribution in [0, 0.1) is 21.7 Å². The van der Waals surface area contributed by atoms with Crippen molar-refractivity contribution >= 4 is 50.5 Å². The zero-order chi connectivity index (χ0) is 21.4. The molecule has 0 amide bonds. The second kappa shape index (κ2) is 8.05. The third-order valence-electron chi connectivity index (χ3n) is 3.90. The molecule has 0 spiro atoms. The highest BCUT2D eigenvalue weighted by Crippen LogP contribution is 2.35. The number of thioether (sulfide) groups is 1. The summed E-state index contributed by atoms with van der Waals surface area (Å²) in [6.45, 7) is 0. The summed E-state index contributed by atoms with van der Waals surface area (Å²) < 4.78 is 28.2. The molecule has 8 nitrogen and oxygen atoms in total. The Morgan fingerprint density at radius 3 is 2.77 bits per heavy atom. The van der Waals surface area contributed by atoms with Gasteiger partial charge in [0.25, 0.3) is 11.2 Å². The number of hydrogen-bond donors (Lipinski definition) is 0. The van der Waals surface area contributed by atoms with Crippen LogP contribution in [0.15, 0.2) is 45.7 Å². The lowest BCUT2D eigenvalue weighted by Gasteiger charge is -2.02. The van der Waals surface area contributed by atoms with Crippen molar-refractivity contribution in [2.75, 3.05) is 0 Å². The molecule has 0 saturated carbocycles. The van der Waals surface area contributed by atoms with E-state index in [-0.39, 0.29) is 26.5 Å². The highest BCUT2D eigenvalue weighted by molar-refractivity contribution is 8.00. The van der Waals surface area contributed by atoms with Crippen LogP contribution in [0.2, 0.25) is 5.02 Å². The number of nitrogens with zero attached hydrogens (tertiary/aromatic N) is 5. The van der Waals surface area contributed by atoms with Gasteiger partial charge in [0.1, 0.15) is 4.70 Å². The van der Waals surface area contributed by atoms with Crippen LogP contribution in [0.1, 0.15) is 5.69 Å². The van der Waals surface area contributed by atoms with Crippen molar-refractivity contribution in [3.05, 3.63) is 79.3 Å². The van der Waals surface area contributed by atoms with Gasteiger partial charge >= 0.3 is 0 Å². The minimum Gasteiger partial charge on any atom is -0.267 e. The van der Waals surface area contributed by atoms with Crippen molar-refractivity contribution in [1.82, 2.24) is 20.0 Å². The van der Waals surface area contributed by atoms with E-state index in [4.69, 9.17) is 11.6 Å². The second-order valence-electron chi connectivity index (χ2n) is 5.89. The van der Waals surface area contributed by atoms with Gasteiger partial charge in [-0.05, 0) is 18.2 Å². The van der Waals surface area contributed by atoms with Gasteiger partial charge in [0.2, 0.25) is 0 Å². The smallest absolute Gasteiger partial charge is 0.267 e. The standard InChI is InChI=1S/C17H8ClF2N5O3S2/c18-8-3-11-15(14(4-8)25(27)28)30-17(21-16(11)26)29-7-9-6-24(23-22-9)10-1-2-12(19)13(20)5-10/h1-6H,7H2. The van der Waals surface area contributed by atoms with E-state index in [0.29, 0.717) is 15.7 Å². The molecule has 0 bridgehead atoms. The number of benzene rings is 2. The van der Waals surface area contributed by atoms with Crippen molar-refractivity contribution in [2.24, 2.45) is 0 Å². The molecule has 152 valence electrons. The van der Waals surface area contributed by atoms with E-state index in [1.807, 2.05) is 0 Å². The molecule has 13 heteroatoms. The number of halogens is 3. The minimum atomic E-state index is -1.01. The molecule has 4 rings (SSSR count). The van der Waals surface area contributed by atoms with E-state index in [1.54, 1.807) is 0 Å². The molecule has 30 heavy (non-hydrogen) atoms. The Morgan fingerprint density at radius 2 is 2.03 bits per heavy atom. The summed E-state index contributed by atoms with van der Waals surface area (Å²) in [7, 11) is 0. The Hall–Kier alpha value is -2.96. The summed E-state index contributed by atoms with van der Waals surface area (Å²) >= 11 is 8.00. The fraction of sp³-hybridized carbons (Fsp3) is 0.0588. The Labute approximate surface area is 179 Å². The second-order valence-corrected chi connectivity index (χ2v) is 8.54. The molecule has 4 aromatic rings. The number of hydrogen-bond acceptors (Lipinski definition) is 8. The van der Waals surface area contributed by atoms with Crippen LogP contribution in [-0.2, 0) is 5.75 Å². The van der Waals surface area contributed by atoms with Crippen molar-refractivity contribution in [3.63, 3.8) is 0 Å². The molecule has 0 fully saturated rings. The molecule has 2 heterocycles. The number of fused-ring (bicyclic) bond motifs is 1. The van der Waals surface area contributed by atoms with Crippen LogP contribution < -0.4 is 5.56 Å². The average Bonchev–Trinajstić information content (AvgIpc) is 3.17. The zero-order valence-electron chi connectivity index (χ0n) is 14.6. The number of aromatic nitrogens is 4. The Balaban J connectivity index is 1.60. The maximum Gasteiger partial charge on any atom is 0.288 e. The molecule has 2 aromatic heterocycles. The molecule has 0 aliphatic carbocycles. The van der Waals surface area contributed by atoms with Gasteiger partial charge in [0, 0.05) is 22.9 Å². The lowest BCUT2D eigenvalue weighted by molar-refractivity contribution is -0.382. The fourth-order valence-electron chi connectivity index (χ4n) is 2.55. The third-order valence-corrected chi connectivity index (χ3v) is 6.39. The molecule has 0 atom stereocenters. The SMILES string of the molecule is O=c1nc(SCc2cn(-c3ccc(F)c(F)c3)nn2)sc2c([N+](=O)[O-])cc(Cl)cc12. The average molecular weight is 468 g/mol.